The maximum atomic E-state index is 12.6. The second-order valence-electron chi connectivity index (χ2n) is 4.82. The summed E-state index contributed by atoms with van der Waals surface area (Å²) in [5.41, 5.74) is 5.13. The maximum absolute atomic E-state index is 12.6. The molecule has 0 bridgehead atoms. The average molecular weight is 337 g/mol. The molecule has 0 atom stereocenters. The zero-order valence-electron chi connectivity index (χ0n) is 12.1. The van der Waals surface area contributed by atoms with Crippen molar-refractivity contribution in [2.45, 2.75) is 18.1 Å². The van der Waals surface area contributed by atoms with Crippen LogP contribution in [0.1, 0.15) is 13.8 Å². The number of ether oxygens (including phenoxy) is 1. The molecule has 0 unspecified atom stereocenters. The van der Waals surface area contributed by atoms with E-state index in [9.17, 15) is 18.5 Å². The van der Waals surface area contributed by atoms with Crippen molar-refractivity contribution >= 4 is 32.0 Å². The minimum absolute atomic E-state index is 0.115. The molecule has 0 radical (unpaired) electrons. The van der Waals surface area contributed by atoms with E-state index in [0.29, 0.717) is 17.9 Å². The van der Waals surface area contributed by atoms with Gasteiger partial charge in [-0.1, -0.05) is 25.2 Å². The molecule has 1 heterocycles. The minimum Gasteiger partial charge on any atom is -0.385 e. The lowest BCUT2D eigenvalue weighted by Crippen LogP contribution is -2.36. The first-order chi connectivity index (χ1) is 9.70. The highest BCUT2D eigenvalue weighted by molar-refractivity contribution is 7.91. The Bertz CT molecular complexity index is 597. The van der Waals surface area contributed by atoms with Crippen molar-refractivity contribution in [3.05, 3.63) is 16.2 Å². The third-order valence-electron chi connectivity index (χ3n) is 2.62. The molecule has 0 aromatic carbocycles. The van der Waals surface area contributed by atoms with Gasteiger partial charge in [-0.2, -0.15) is 4.31 Å². The van der Waals surface area contributed by atoms with E-state index in [1.165, 1.54) is 11.4 Å². The largest absolute Gasteiger partial charge is 0.385 e. The molecule has 0 aliphatic rings. The molecule has 0 fully saturated rings. The third-order valence-corrected chi connectivity index (χ3v) is 5.89. The van der Waals surface area contributed by atoms with Gasteiger partial charge in [-0.25, -0.2) is 8.42 Å². The molecule has 0 aliphatic carbocycles. The van der Waals surface area contributed by atoms with E-state index in [1.54, 1.807) is 0 Å². The van der Waals surface area contributed by atoms with Crippen molar-refractivity contribution in [3.8, 4) is 0 Å². The molecule has 0 spiro atoms. The van der Waals surface area contributed by atoms with Gasteiger partial charge in [0.1, 0.15) is 4.21 Å². The van der Waals surface area contributed by atoms with Crippen LogP contribution in [0.5, 0.6) is 0 Å². The van der Waals surface area contributed by atoms with E-state index < -0.39 is 14.9 Å². The van der Waals surface area contributed by atoms with E-state index >= 15 is 0 Å². The first-order valence-corrected chi connectivity index (χ1v) is 8.48. The standard InChI is InChI=1S/C11H19N3O5S2/c1-8(2)7-13(4-5-19-3)21(17,18)10-6-9(14(15)16)11(12)20-10/h6,8H,4-5,7,12H2,1-3H3. The number of hydrogen-bond donors (Lipinski definition) is 1. The fourth-order valence-electron chi connectivity index (χ4n) is 1.68. The lowest BCUT2D eigenvalue weighted by molar-refractivity contribution is -0.383. The second kappa shape index (κ2) is 7.16. The molecule has 1 aromatic rings. The predicted molar refractivity (Wildman–Crippen MR) is 80.9 cm³/mol. The van der Waals surface area contributed by atoms with Crippen LogP contribution in [0.3, 0.4) is 0 Å². The van der Waals surface area contributed by atoms with Crippen LogP contribution in [0.4, 0.5) is 10.7 Å². The molecule has 21 heavy (non-hydrogen) atoms. The summed E-state index contributed by atoms with van der Waals surface area (Å²) >= 11 is 0.704. The number of nitro groups is 1. The summed E-state index contributed by atoms with van der Waals surface area (Å²) in [6.07, 6.45) is 0. The molecule has 120 valence electrons. The van der Waals surface area contributed by atoms with E-state index in [1.807, 2.05) is 13.8 Å². The normalized spacial score (nSPS) is 12.2. The van der Waals surface area contributed by atoms with Gasteiger partial charge in [0, 0.05) is 26.3 Å². The number of nitrogens with zero attached hydrogens (tertiary/aromatic N) is 2. The Hall–Kier alpha value is -1.23. The van der Waals surface area contributed by atoms with Gasteiger partial charge in [0.05, 0.1) is 11.5 Å². The smallest absolute Gasteiger partial charge is 0.304 e. The first-order valence-electron chi connectivity index (χ1n) is 6.23. The number of sulfonamides is 1. The Morgan fingerprint density at radius 2 is 2.14 bits per heavy atom. The molecule has 0 aliphatic heterocycles. The Balaban J connectivity index is 3.15. The van der Waals surface area contributed by atoms with Gasteiger partial charge in [-0.05, 0) is 5.92 Å². The van der Waals surface area contributed by atoms with Crippen molar-refractivity contribution in [2.75, 3.05) is 32.5 Å². The molecule has 1 rings (SSSR count). The SMILES string of the molecule is COCCN(CC(C)C)S(=O)(=O)c1cc([N+](=O)[O-])c(N)s1. The van der Waals surface area contributed by atoms with Gasteiger partial charge in [0.25, 0.3) is 10.0 Å². The van der Waals surface area contributed by atoms with Gasteiger partial charge in [0.2, 0.25) is 0 Å². The van der Waals surface area contributed by atoms with Crippen LogP contribution >= 0.6 is 11.3 Å². The number of nitrogen functional groups attached to an aromatic ring is 1. The maximum Gasteiger partial charge on any atom is 0.304 e. The number of hydrogen-bond acceptors (Lipinski definition) is 7. The fourth-order valence-corrected chi connectivity index (χ4v) is 4.64. The lowest BCUT2D eigenvalue weighted by atomic mass is 10.2. The lowest BCUT2D eigenvalue weighted by Gasteiger charge is -2.22. The van der Waals surface area contributed by atoms with Gasteiger partial charge in [-0.3, -0.25) is 10.1 Å². The third kappa shape index (κ3) is 4.37. The van der Waals surface area contributed by atoms with Crippen molar-refractivity contribution in [1.82, 2.24) is 4.31 Å². The molecule has 0 saturated carbocycles. The molecule has 10 heteroatoms. The molecule has 2 N–H and O–H groups in total. The Kier molecular flexibility index (Phi) is 6.08. The van der Waals surface area contributed by atoms with E-state index in [4.69, 9.17) is 10.5 Å². The predicted octanol–water partition coefficient (Wildman–Crippen LogP) is 1.53. The second-order valence-corrected chi connectivity index (χ2v) is 8.07. The first kappa shape index (κ1) is 17.8. The highest BCUT2D eigenvalue weighted by Gasteiger charge is 2.30. The summed E-state index contributed by atoms with van der Waals surface area (Å²) in [4.78, 5) is 10.1. The molecule has 0 saturated heterocycles. The monoisotopic (exact) mass is 337 g/mol. The summed E-state index contributed by atoms with van der Waals surface area (Å²) in [5.74, 6) is 0.115. The molecule has 0 amide bonds. The Morgan fingerprint density at radius 3 is 2.57 bits per heavy atom. The van der Waals surface area contributed by atoms with Gasteiger partial charge in [-0.15, -0.1) is 0 Å². The van der Waals surface area contributed by atoms with Crippen LogP contribution in [-0.4, -0.2) is 44.5 Å². The van der Waals surface area contributed by atoms with Gasteiger partial charge in [0.15, 0.2) is 5.00 Å². The van der Waals surface area contributed by atoms with Crippen molar-refractivity contribution in [1.29, 1.82) is 0 Å². The van der Waals surface area contributed by atoms with E-state index in [0.717, 1.165) is 6.07 Å². The number of methoxy groups -OCH3 is 1. The van der Waals surface area contributed by atoms with Crippen molar-refractivity contribution in [3.63, 3.8) is 0 Å². The number of nitrogens with two attached hydrogens (primary N) is 1. The molecule has 1 aromatic heterocycles. The highest BCUT2D eigenvalue weighted by Crippen LogP contribution is 2.35. The summed E-state index contributed by atoms with van der Waals surface area (Å²) in [6, 6.07) is 1.01. The van der Waals surface area contributed by atoms with Crippen LogP contribution in [-0.2, 0) is 14.8 Å². The average Bonchev–Trinajstić information content (AvgIpc) is 2.76. The number of rotatable bonds is 8. The molecular formula is C11H19N3O5S2. The summed E-state index contributed by atoms with van der Waals surface area (Å²) in [7, 11) is -2.34. The van der Waals surface area contributed by atoms with Gasteiger partial charge < -0.3 is 10.5 Å². The zero-order chi connectivity index (χ0) is 16.2. The summed E-state index contributed by atoms with van der Waals surface area (Å²) in [6.45, 7) is 4.51. The minimum atomic E-state index is -3.82. The van der Waals surface area contributed by atoms with E-state index in [2.05, 4.69) is 0 Å². The number of thiophene rings is 1. The fraction of sp³-hybridized carbons (Fsp3) is 0.636. The van der Waals surface area contributed by atoms with Crippen LogP contribution < -0.4 is 5.73 Å². The highest BCUT2D eigenvalue weighted by atomic mass is 32.2. The van der Waals surface area contributed by atoms with Crippen LogP contribution in [0.25, 0.3) is 0 Å². The Labute approximate surface area is 127 Å². The zero-order valence-corrected chi connectivity index (χ0v) is 13.7. The topological polar surface area (TPSA) is 116 Å². The summed E-state index contributed by atoms with van der Waals surface area (Å²) in [5, 5.41) is 10.7. The van der Waals surface area contributed by atoms with Crippen molar-refractivity contribution < 1.29 is 18.1 Å². The van der Waals surface area contributed by atoms with Gasteiger partial charge >= 0.3 is 5.69 Å². The van der Waals surface area contributed by atoms with E-state index in [-0.39, 0.29) is 34.0 Å². The Morgan fingerprint density at radius 1 is 1.52 bits per heavy atom. The van der Waals surface area contributed by atoms with Crippen LogP contribution in [0.2, 0.25) is 0 Å². The summed E-state index contributed by atoms with van der Waals surface area (Å²) < 4.78 is 31.2. The number of anilines is 1. The van der Waals surface area contributed by atoms with Crippen molar-refractivity contribution in [2.24, 2.45) is 5.92 Å². The molecular weight excluding hydrogens is 318 g/mol. The van der Waals surface area contributed by atoms with Crippen LogP contribution in [0, 0.1) is 16.0 Å². The van der Waals surface area contributed by atoms with Crippen LogP contribution in [0.15, 0.2) is 10.3 Å². The quantitative estimate of drug-likeness (QED) is 0.568. The molecule has 8 nitrogen and oxygen atoms in total.